The highest BCUT2D eigenvalue weighted by molar-refractivity contribution is 6.78. The highest BCUT2D eigenvalue weighted by Gasteiger charge is 2.35. The first-order valence-corrected chi connectivity index (χ1v) is 11.6. The van der Waals surface area contributed by atoms with Crippen molar-refractivity contribution in [1.82, 2.24) is 0 Å². The average Bonchev–Trinajstić information content (AvgIpc) is 2.13. The molecule has 0 spiro atoms. The monoisotopic (exact) mass is 262 g/mol. The quantitative estimate of drug-likeness (QED) is 0.362. The van der Waals surface area contributed by atoms with Crippen LogP contribution >= 0.6 is 0 Å². The molecule has 0 aromatic heterocycles. The van der Waals surface area contributed by atoms with E-state index < -0.39 is 17.1 Å². The lowest BCUT2D eigenvalue weighted by molar-refractivity contribution is 0.198. The van der Waals surface area contributed by atoms with Crippen molar-refractivity contribution in [2.24, 2.45) is 0 Å². The molecule has 0 aliphatic heterocycles. The van der Waals surface area contributed by atoms with Crippen molar-refractivity contribution in [3.05, 3.63) is 12.7 Å². The minimum atomic E-state index is -2.04. The fraction of sp³-hybridized carbons (Fsp3) is 0.818. The Labute approximate surface area is 102 Å². The fourth-order valence-corrected chi connectivity index (χ4v) is 7.90. The third kappa shape index (κ3) is 8.23. The van der Waals surface area contributed by atoms with Gasteiger partial charge in [0.25, 0.3) is 0 Å². The summed E-state index contributed by atoms with van der Waals surface area (Å²) in [6.07, 6.45) is 3.76. The van der Waals surface area contributed by atoms with E-state index >= 15 is 0 Å². The molecule has 0 aliphatic carbocycles. The van der Waals surface area contributed by atoms with Gasteiger partial charge in [-0.3, -0.25) is 0 Å². The van der Waals surface area contributed by atoms with Gasteiger partial charge >= 0.3 is 17.1 Å². The smallest absolute Gasteiger partial charge is 0.322 e. The topological polar surface area (TPSA) is 27.7 Å². The van der Waals surface area contributed by atoms with Crippen LogP contribution in [0.4, 0.5) is 0 Å². The predicted octanol–water partition coefficient (Wildman–Crippen LogP) is 3.43. The molecule has 0 saturated carbocycles. The summed E-state index contributed by atoms with van der Waals surface area (Å²) in [5.41, 5.74) is 0. The van der Waals surface area contributed by atoms with E-state index in [1.165, 1.54) is 0 Å². The second-order valence-corrected chi connectivity index (χ2v) is 11.7. The van der Waals surface area contributed by atoms with Crippen LogP contribution < -0.4 is 0 Å². The molecule has 0 fully saturated rings. The second kappa shape index (κ2) is 7.39. The third-order valence-corrected chi connectivity index (χ3v) is 7.65. The molecule has 0 radical (unpaired) electrons. The highest BCUT2D eigenvalue weighted by atomic mass is 28.5. The van der Waals surface area contributed by atoms with Crippen LogP contribution in [0.15, 0.2) is 12.7 Å². The molecule has 0 saturated heterocycles. The summed E-state index contributed by atoms with van der Waals surface area (Å²) in [7, 11) is -4.05. The predicted molar refractivity (Wildman–Crippen MR) is 73.1 cm³/mol. The molecule has 0 rings (SSSR count). The van der Waals surface area contributed by atoms with E-state index in [0.29, 0.717) is 6.61 Å². The van der Waals surface area contributed by atoms with E-state index in [0.717, 1.165) is 19.4 Å². The molecule has 16 heavy (non-hydrogen) atoms. The van der Waals surface area contributed by atoms with Gasteiger partial charge in [0.1, 0.15) is 0 Å². The van der Waals surface area contributed by atoms with Gasteiger partial charge in [0.05, 0.1) is 0 Å². The Kier molecular flexibility index (Phi) is 7.42. The third-order valence-electron chi connectivity index (χ3n) is 1.92. The number of rotatable bonds is 9. The molecule has 0 N–H and O–H groups in total. The summed E-state index contributed by atoms with van der Waals surface area (Å²) < 4.78 is 17.6. The summed E-state index contributed by atoms with van der Waals surface area (Å²) >= 11 is 0. The van der Waals surface area contributed by atoms with Crippen LogP contribution in [0.25, 0.3) is 0 Å². The summed E-state index contributed by atoms with van der Waals surface area (Å²) in [5.74, 6) is 0. The van der Waals surface area contributed by atoms with Crippen molar-refractivity contribution in [2.45, 2.75) is 46.0 Å². The molecular formula is C11H26O3Si2. The summed E-state index contributed by atoms with van der Waals surface area (Å²) in [6, 6.07) is 0. The summed E-state index contributed by atoms with van der Waals surface area (Å²) in [5, 5.41) is 0. The lowest BCUT2D eigenvalue weighted by Gasteiger charge is -2.32. The van der Waals surface area contributed by atoms with Crippen molar-refractivity contribution < 1.29 is 13.0 Å². The van der Waals surface area contributed by atoms with Gasteiger partial charge in [-0.25, -0.2) is 0 Å². The minimum Gasteiger partial charge on any atom is -0.415 e. The SMILES string of the molecule is C=CCCO[Si](C)(C)O[Si](C)(C)OCCC. The van der Waals surface area contributed by atoms with E-state index in [9.17, 15) is 0 Å². The van der Waals surface area contributed by atoms with E-state index in [1.807, 2.05) is 6.08 Å². The molecule has 0 unspecified atom stereocenters. The van der Waals surface area contributed by atoms with Crippen LogP contribution in [0.3, 0.4) is 0 Å². The second-order valence-electron chi connectivity index (χ2n) is 4.68. The zero-order chi connectivity index (χ0) is 12.7. The standard InChI is InChI=1S/C11H26O3Si2/c1-7-9-11-13-16(5,6)14-15(3,4)12-10-8-2/h7H,1,8-11H2,2-6H3. The fourth-order valence-electron chi connectivity index (χ4n) is 1.39. The lowest BCUT2D eigenvalue weighted by Crippen LogP contribution is -2.48. The van der Waals surface area contributed by atoms with Gasteiger partial charge in [-0.05, 0) is 39.0 Å². The number of hydrogen-bond donors (Lipinski definition) is 0. The van der Waals surface area contributed by atoms with Crippen LogP contribution in [-0.2, 0) is 13.0 Å². The Morgan fingerprint density at radius 3 is 1.94 bits per heavy atom. The van der Waals surface area contributed by atoms with Crippen LogP contribution in [-0.4, -0.2) is 30.3 Å². The Balaban J connectivity index is 4.05. The summed E-state index contributed by atoms with van der Waals surface area (Å²) in [4.78, 5) is 0. The maximum absolute atomic E-state index is 6.07. The largest absolute Gasteiger partial charge is 0.415 e. The molecule has 0 atom stereocenters. The Morgan fingerprint density at radius 2 is 1.50 bits per heavy atom. The minimum absolute atomic E-state index is 0.695. The molecule has 0 aliphatic rings. The molecule has 5 heteroatoms. The highest BCUT2D eigenvalue weighted by Crippen LogP contribution is 2.17. The maximum Gasteiger partial charge on any atom is 0.322 e. The zero-order valence-electron chi connectivity index (χ0n) is 11.3. The van der Waals surface area contributed by atoms with E-state index in [-0.39, 0.29) is 0 Å². The van der Waals surface area contributed by atoms with Crippen LogP contribution in [0.1, 0.15) is 19.8 Å². The van der Waals surface area contributed by atoms with Crippen LogP contribution in [0, 0.1) is 0 Å². The Bertz CT molecular complexity index is 205. The first kappa shape index (κ1) is 16.1. The van der Waals surface area contributed by atoms with Gasteiger partial charge in [-0.1, -0.05) is 13.0 Å². The van der Waals surface area contributed by atoms with Crippen molar-refractivity contribution in [2.75, 3.05) is 13.2 Å². The lowest BCUT2D eigenvalue weighted by atomic mass is 10.5. The molecule has 3 nitrogen and oxygen atoms in total. The molecule has 96 valence electrons. The number of hydrogen-bond acceptors (Lipinski definition) is 3. The average molecular weight is 262 g/mol. The van der Waals surface area contributed by atoms with Crippen molar-refractivity contribution in [3.63, 3.8) is 0 Å². The summed E-state index contributed by atoms with van der Waals surface area (Å²) in [6.45, 7) is 15.5. The zero-order valence-corrected chi connectivity index (χ0v) is 13.3. The first-order chi connectivity index (χ1) is 7.33. The van der Waals surface area contributed by atoms with E-state index in [4.69, 9.17) is 13.0 Å². The maximum atomic E-state index is 6.07. The molecular weight excluding hydrogens is 236 g/mol. The first-order valence-electron chi connectivity index (χ1n) is 5.92. The van der Waals surface area contributed by atoms with E-state index in [1.54, 1.807) is 0 Å². The molecule has 0 amide bonds. The Morgan fingerprint density at radius 1 is 1.00 bits per heavy atom. The molecule has 0 heterocycles. The molecule has 0 aromatic rings. The van der Waals surface area contributed by atoms with Gasteiger partial charge in [-0.15, -0.1) is 6.58 Å². The van der Waals surface area contributed by atoms with Crippen molar-refractivity contribution in [1.29, 1.82) is 0 Å². The van der Waals surface area contributed by atoms with Crippen molar-refractivity contribution >= 4 is 17.1 Å². The van der Waals surface area contributed by atoms with Gasteiger partial charge in [0.15, 0.2) is 0 Å². The molecule has 0 aromatic carbocycles. The van der Waals surface area contributed by atoms with Gasteiger partial charge in [0, 0.05) is 13.2 Å². The van der Waals surface area contributed by atoms with E-state index in [2.05, 4.69) is 39.7 Å². The van der Waals surface area contributed by atoms with Crippen LogP contribution in [0.2, 0.25) is 26.2 Å². The van der Waals surface area contributed by atoms with Gasteiger partial charge in [-0.2, -0.15) is 0 Å². The van der Waals surface area contributed by atoms with Gasteiger partial charge in [0.2, 0.25) is 0 Å². The normalized spacial score (nSPS) is 12.8. The Hall–Kier alpha value is 0.0538. The molecule has 0 bridgehead atoms. The van der Waals surface area contributed by atoms with Crippen LogP contribution in [0.5, 0.6) is 0 Å². The van der Waals surface area contributed by atoms with Gasteiger partial charge < -0.3 is 13.0 Å². The van der Waals surface area contributed by atoms with Crippen molar-refractivity contribution in [3.8, 4) is 0 Å².